The highest BCUT2D eigenvalue weighted by atomic mass is 35.5. The van der Waals surface area contributed by atoms with Crippen molar-refractivity contribution in [2.45, 2.75) is 11.1 Å². The van der Waals surface area contributed by atoms with Crippen LogP contribution >= 0.6 is 34.7 Å². The highest BCUT2D eigenvalue weighted by molar-refractivity contribution is 8.00. The first-order chi connectivity index (χ1) is 19.6. The Labute approximate surface area is 246 Å². The van der Waals surface area contributed by atoms with Gasteiger partial charge in [-0.2, -0.15) is 24.5 Å². The van der Waals surface area contributed by atoms with Crippen LogP contribution in [0.15, 0.2) is 100 Å². The third-order valence-corrected chi connectivity index (χ3v) is 7.37. The van der Waals surface area contributed by atoms with Crippen molar-refractivity contribution in [1.29, 1.82) is 0 Å². The van der Waals surface area contributed by atoms with Gasteiger partial charge in [-0.05, 0) is 83.1 Å². The van der Waals surface area contributed by atoms with E-state index in [1.54, 1.807) is 60.7 Å². The summed E-state index contributed by atoms with van der Waals surface area (Å²) in [6.07, 6.45) is -3.11. The molecule has 0 bridgehead atoms. The lowest BCUT2D eigenvalue weighted by Gasteiger charge is -2.14. The Kier molecular flexibility index (Phi) is 9.87. The normalized spacial score (nSPS) is 11.6. The Morgan fingerprint density at radius 3 is 2.32 bits per heavy atom. The van der Waals surface area contributed by atoms with Gasteiger partial charge in [0.2, 0.25) is 5.91 Å². The van der Waals surface area contributed by atoms with Gasteiger partial charge in [-0.15, -0.1) is 11.8 Å². The second-order valence-electron chi connectivity index (χ2n) is 8.44. The topological polar surface area (TPSA) is 87.3 Å². The predicted octanol–water partition coefficient (Wildman–Crippen LogP) is 7.56. The van der Waals surface area contributed by atoms with E-state index in [9.17, 15) is 27.6 Å². The number of hydrogen-bond donors (Lipinski definition) is 3. The van der Waals surface area contributed by atoms with Crippen LogP contribution in [0, 0.1) is 0 Å². The summed E-state index contributed by atoms with van der Waals surface area (Å²) >= 11 is 8.23. The number of thioether (sulfide) groups is 1. The monoisotopic (exact) mass is 615 g/mol. The predicted molar refractivity (Wildman–Crippen MR) is 157 cm³/mol. The molecule has 210 valence electrons. The lowest BCUT2D eigenvalue weighted by atomic mass is 10.1. The Morgan fingerprint density at radius 2 is 1.66 bits per heavy atom. The summed E-state index contributed by atoms with van der Waals surface area (Å²) in [6, 6.07) is 20.0. The SMILES string of the molecule is O=C(CSc1ccc(NC(=O)/C(=C/c2ccsc2)NC(=O)c2ccccc2)cc1)Nc1ccc(Cl)cc1C(F)(F)F. The standard InChI is InChI=1S/C29H21ClF3N3O3S2/c30-20-6-11-24(23(15-20)29(31,32)33)35-26(37)17-41-22-9-7-21(8-10-22)34-28(39)25(14-18-12-13-40-16-18)36-27(38)19-4-2-1-3-5-19/h1-16H,17H2,(H,34,39)(H,35,37)(H,36,38)/b25-14-. The molecule has 1 heterocycles. The molecule has 0 saturated carbocycles. The maximum absolute atomic E-state index is 13.3. The molecule has 0 aliphatic rings. The molecule has 0 aliphatic carbocycles. The molecule has 3 N–H and O–H groups in total. The van der Waals surface area contributed by atoms with E-state index in [-0.39, 0.29) is 22.2 Å². The molecule has 3 aromatic carbocycles. The number of thiophene rings is 1. The molecule has 0 aliphatic heterocycles. The van der Waals surface area contributed by atoms with Crippen LogP contribution in [0.5, 0.6) is 0 Å². The van der Waals surface area contributed by atoms with Crippen LogP contribution in [0.2, 0.25) is 5.02 Å². The second-order valence-corrected chi connectivity index (χ2v) is 10.7. The van der Waals surface area contributed by atoms with Crippen LogP contribution in [-0.4, -0.2) is 23.5 Å². The Bertz CT molecular complexity index is 1560. The number of nitrogens with one attached hydrogen (secondary N) is 3. The summed E-state index contributed by atoms with van der Waals surface area (Å²) in [5.74, 6) is -1.75. The van der Waals surface area contributed by atoms with Gasteiger partial charge in [0.15, 0.2) is 0 Å². The lowest BCUT2D eigenvalue weighted by molar-refractivity contribution is -0.137. The molecular weight excluding hydrogens is 595 g/mol. The average molecular weight is 616 g/mol. The maximum Gasteiger partial charge on any atom is 0.418 e. The van der Waals surface area contributed by atoms with Gasteiger partial charge >= 0.3 is 6.18 Å². The van der Waals surface area contributed by atoms with Crippen molar-refractivity contribution in [3.05, 3.63) is 117 Å². The van der Waals surface area contributed by atoms with Crippen LogP contribution in [-0.2, 0) is 15.8 Å². The molecule has 0 radical (unpaired) electrons. The number of carbonyl (C=O) groups excluding carboxylic acids is 3. The van der Waals surface area contributed by atoms with E-state index in [1.807, 2.05) is 16.8 Å². The fourth-order valence-electron chi connectivity index (χ4n) is 3.49. The van der Waals surface area contributed by atoms with E-state index < -0.39 is 29.5 Å². The molecule has 0 spiro atoms. The summed E-state index contributed by atoms with van der Waals surface area (Å²) in [6.45, 7) is 0. The zero-order chi connectivity index (χ0) is 29.4. The zero-order valence-electron chi connectivity index (χ0n) is 21.0. The molecule has 0 atom stereocenters. The van der Waals surface area contributed by atoms with Gasteiger partial charge in [-0.3, -0.25) is 14.4 Å². The van der Waals surface area contributed by atoms with E-state index in [0.29, 0.717) is 16.1 Å². The molecule has 0 fully saturated rings. The fourth-order valence-corrected chi connectivity index (χ4v) is 4.98. The van der Waals surface area contributed by atoms with E-state index >= 15 is 0 Å². The van der Waals surface area contributed by atoms with Crippen LogP contribution in [0.4, 0.5) is 24.5 Å². The van der Waals surface area contributed by atoms with Crippen LogP contribution in [0.1, 0.15) is 21.5 Å². The van der Waals surface area contributed by atoms with Crippen molar-refractivity contribution in [3.8, 4) is 0 Å². The van der Waals surface area contributed by atoms with Gasteiger partial charge in [-0.25, -0.2) is 0 Å². The van der Waals surface area contributed by atoms with Crippen molar-refractivity contribution in [2.24, 2.45) is 0 Å². The van der Waals surface area contributed by atoms with Crippen LogP contribution < -0.4 is 16.0 Å². The minimum absolute atomic E-state index is 0.0489. The van der Waals surface area contributed by atoms with E-state index in [4.69, 9.17) is 11.6 Å². The summed E-state index contributed by atoms with van der Waals surface area (Å²) in [4.78, 5) is 38.7. The van der Waals surface area contributed by atoms with Crippen molar-refractivity contribution in [3.63, 3.8) is 0 Å². The maximum atomic E-state index is 13.3. The number of halogens is 4. The summed E-state index contributed by atoms with van der Waals surface area (Å²) in [5.41, 5.74) is 0.219. The molecule has 3 amide bonds. The van der Waals surface area contributed by atoms with Gasteiger partial charge in [0.1, 0.15) is 5.70 Å². The van der Waals surface area contributed by atoms with Crippen molar-refractivity contribution in [2.75, 3.05) is 16.4 Å². The van der Waals surface area contributed by atoms with Crippen LogP contribution in [0.3, 0.4) is 0 Å². The molecular formula is C29H21ClF3N3O3S2. The lowest BCUT2D eigenvalue weighted by Crippen LogP contribution is -2.30. The zero-order valence-corrected chi connectivity index (χ0v) is 23.4. The van der Waals surface area contributed by atoms with Crippen molar-refractivity contribution < 1.29 is 27.6 Å². The van der Waals surface area contributed by atoms with Gasteiger partial charge in [0.05, 0.1) is 17.0 Å². The Balaban J connectivity index is 1.37. The molecule has 12 heteroatoms. The van der Waals surface area contributed by atoms with Crippen molar-refractivity contribution in [1.82, 2.24) is 5.32 Å². The minimum Gasteiger partial charge on any atom is -0.325 e. The molecule has 4 aromatic rings. The molecule has 41 heavy (non-hydrogen) atoms. The number of anilines is 2. The highest BCUT2D eigenvalue weighted by Crippen LogP contribution is 2.36. The van der Waals surface area contributed by atoms with E-state index in [1.165, 1.54) is 17.4 Å². The first-order valence-electron chi connectivity index (χ1n) is 11.9. The van der Waals surface area contributed by atoms with Crippen molar-refractivity contribution >= 4 is 69.9 Å². The molecule has 4 rings (SSSR count). The van der Waals surface area contributed by atoms with Gasteiger partial charge in [0.25, 0.3) is 11.8 Å². The van der Waals surface area contributed by atoms with E-state index in [2.05, 4.69) is 16.0 Å². The number of carbonyl (C=O) groups is 3. The smallest absolute Gasteiger partial charge is 0.325 e. The molecule has 0 saturated heterocycles. The van der Waals surface area contributed by atoms with E-state index in [0.717, 1.165) is 29.5 Å². The van der Waals surface area contributed by atoms with Crippen LogP contribution in [0.25, 0.3) is 6.08 Å². The first kappa shape index (κ1) is 29.9. The second kappa shape index (κ2) is 13.5. The summed E-state index contributed by atoms with van der Waals surface area (Å²) in [5, 5.41) is 11.3. The van der Waals surface area contributed by atoms with Gasteiger partial charge < -0.3 is 16.0 Å². The largest absolute Gasteiger partial charge is 0.418 e. The molecule has 6 nitrogen and oxygen atoms in total. The fraction of sp³-hybridized carbons (Fsp3) is 0.0690. The highest BCUT2D eigenvalue weighted by Gasteiger charge is 2.34. The number of amides is 3. The summed E-state index contributed by atoms with van der Waals surface area (Å²) < 4.78 is 39.8. The number of rotatable bonds is 9. The third kappa shape index (κ3) is 8.71. The average Bonchev–Trinajstić information content (AvgIpc) is 3.46. The first-order valence-corrected chi connectivity index (χ1v) is 14.2. The quantitative estimate of drug-likeness (QED) is 0.134. The Morgan fingerprint density at radius 1 is 0.927 bits per heavy atom. The third-order valence-electron chi connectivity index (χ3n) is 5.43. The van der Waals surface area contributed by atoms with Gasteiger partial charge in [0, 0.05) is 21.2 Å². The molecule has 0 unspecified atom stereocenters. The number of hydrogen-bond acceptors (Lipinski definition) is 5. The minimum atomic E-state index is -4.68. The Hall–Kier alpha value is -4.06. The van der Waals surface area contributed by atoms with Gasteiger partial charge in [-0.1, -0.05) is 29.8 Å². The summed E-state index contributed by atoms with van der Waals surface area (Å²) in [7, 11) is 0. The number of alkyl halides is 3. The molecule has 1 aromatic heterocycles. The number of benzene rings is 3.